The smallest absolute Gasteiger partial charge is 0.223 e. The number of thioether (sulfide) groups is 1. The van der Waals surface area contributed by atoms with Crippen LogP contribution in [-0.2, 0) is 14.4 Å². The van der Waals surface area contributed by atoms with Crippen molar-refractivity contribution in [1.29, 1.82) is 0 Å². The van der Waals surface area contributed by atoms with Crippen LogP contribution in [0.3, 0.4) is 0 Å². The maximum atomic E-state index is 12.4. The second-order valence-corrected chi connectivity index (χ2v) is 8.28. The maximum Gasteiger partial charge on any atom is 0.223 e. The number of hydrogen-bond donors (Lipinski definition) is 2. The molecule has 0 radical (unpaired) electrons. The van der Waals surface area contributed by atoms with Gasteiger partial charge in [-0.15, -0.1) is 0 Å². The highest BCUT2D eigenvalue weighted by atomic mass is 32.2. The number of amides is 1. The molecule has 2 unspecified atom stereocenters. The van der Waals surface area contributed by atoms with Gasteiger partial charge in [-0.3, -0.25) is 19.3 Å². The first kappa shape index (κ1) is 20.7. The number of nitrogens with one attached hydrogen (secondary N) is 2. The molecule has 8 nitrogen and oxygen atoms in total. The van der Waals surface area contributed by atoms with Gasteiger partial charge in [0.2, 0.25) is 17.0 Å². The van der Waals surface area contributed by atoms with E-state index in [-0.39, 0.29) is 28.7 Å². The normalized spacial score (nSPS) is 23.1. The van der Waals surface area contributed by atoms with Crippen molar-refractivity contribution >= 4 is 34.5 Å². The number of anilines is 1. The number of piperidine rings is 1. The fourth-order valence-electron chi connectivity index (χ4n) is 3.68. The van der Waals surface area contributed by atoms with Crippen LogP contribution in [0.2, 0.25) is 0 Å². The van der Waals surface area contributed by atoms with Gasteiger partial charge >= 0.3 is 0 Å². The van der Waals surface area contributed by atoms with E-state index in [0.717, 1.165) is 42.4 Å². The third kappa shape index (κ3) is 5.29. The molecule has 28 heavy (non-hydrogen) atoms. The topological polar surface area (TPSA) is 104 Å². The Bertz CT molecular complexity index is 721. The first-order valence-electron chi connectivity index (χ1n) is 9.74. The van der Waals surface area contributed by atoms with Crippen LogP contribution in [0.5, 0.6) is 0 Å². The van der Waals surface area contributed by atoms with Gasteiger partial charge in [0, 0.05) is 30.9 Å². The van der Waals surface area contributed by atoms with Crippen molar-refractivity contribution in [2.24, 2.45) is 0 Å². The Morgan fingerprint density at radius 1 is 1.25 bits per heavy atom. The van der Waals surface area contributed by atoms with E-state index in [1.54, 1.807) is 0 Å². The molecule has 9 heteroatoms. The molecule has 0 bridgehead atoms. The zero-order chi connectivity index (χ0) is 20.1. The van der Waals surface area contributed by atoms with Gasteiger partial charge in [0.05, 0.1) is 11.9 Å². The van der Waals surface area contributed by atoms with E-state index in [0.29, 0.717) is 31.9 Å². The van der Waals surface area contributed by atoms with Gasteiger partial charge in [0.1, 0.15) is 6.04 Å². The van der Waals surface area contributed by atoms with E-state index in [9.17, 15) is 14.4 Å². The number of carbonyl (C=O) groups is 3. The molecule has 3 rings (SSSR count). The van der Waals surface area contributed by atoms with E-state index >= 15 is 0 Å². The average Bonchev–Trinajstić information content (AvgIpc) is 2.97. The summed E-state index contributed by atoms with van der Waals surface area (Å²) >= 11 is 1.08. The van der Waals surface area contributed by atoms with Crippen molar-refractivity contribution in [3.05, 3.63) is 17.5 Å². The summed E-state index contributed by atoms with van der Waals surface area (Å²) in [7, 11) is 0. The van der Waals surface area contributed by atoms with Crippen molar-refractivity contribution in [3.63, 3.8) is 0 Å². The van der Waals surface area contributed by atoms with Crippen LogP contribution in [0.4, 0.5) is 5.95 Å². The van der Waals surface area contributed by atoms with Crippen LogP contribution >= 0.6 is 11.8 Å². The van der Waals surface area contributed by atoms with Crippen LogP contribution < -0.4 is 10.6 Å². The summed E-state index contributed by atoms with van der Waals surface area (Å²) < 4.78 is 0. The largest absolute Gasteiger partial charge is 0.354 e. The molecule has 1 aromatic heterocycles. The number of ketones is 1. The summed E-state index contributed by atoms with van der Waals surface area (Å²) in [4.78, 5) is 47.1. The van der Waals surface area contributed by atoms with Gasteiger partial charge in [-0.25, -0.2) is 9.97 Å². The van der Waals surface area contributed by atoms with E-state index in [1.165, 1.54) is 0 Å². The summed E-state index contributed by atoms with van der Waals surface area (Å²) in [5.74, 6) is 0.707. The van der Waals surface area contributed by atoms with Gasteiger partial charge in [0.15, 0.2) is 5.78 Å². The summed E-state index contributed by atoms with van der Waals surface area (Å²) in [6.45, 7) is 5.10. The van der Waals surface area contributed by atoms with Crippen molar-refractivity contribution in [1.82, 2.24) is 20.2 Å². The zero-order valence-corrected chi connectivity index (χ0v) is 17.2. The molecule has 2 atom stereocenters. The Morgan fingerprint density at radius 3 is 2.68 bits per heavy atom. The van der Waals surface area contributed by atoms with E-state index in [4.69, 9.17) is 0 Å². The van der Waals surface area contributed by atoms with Crippen molar-refractivity contribution in [2.75, 3.05) is 24.2 Å². The highest BCUT2D eigenvalue weighted by Crippen LogP contribution is 2.27. The molecule has 2 N–H and O–H groups in total. The molecule has 2 aliphatic heterocycles. The van der Waals surface area contributed by atoms with E-state index < -0.39 is 6.04 Å². The number of likely N-dealkylation sites (tertiary alicyclic amines) is 1. The third-order valence-electron chi connectivity index (χ3n) is 4.93. The molecule has 0 saturated carbocycles. The Morgan fingerprint density at radius 2 is 2.00 bits per heavy atom. The predicted molar refractivity (Wildman–Crippen MR) is 108 cm³/mol. The summed E-state index contributed by atoms with van der Waals surface area (Å²) in [6.07, 6.45) is 3.45. The quantitative estimate of drug-likeness (QED) is 0.519. The lowest BCUT2D eigenvalue weighted by Crippen LogP contribution is -2.57. The molecule has 3 heterocycles. The number of aryl methyl sites for hydroxylation is 2. The lowest BCUT2D eigenvalue weighted by Gasteiger charge is -2.38. The zero-order valence-electron chi connectivity index (χ0n) is 16.4. The molecule has 0 aromatic carbocycles. The monoisotopic (exact) mass is 405 g/mol. The number of rotatable bonds is 7. The van der Waals surface area contributed by atoms with Gasteiger partial charge in [0.25, 0.3) is 0 Å². The molecule has 0 spiro atoms. The first-order chi connectivity index (χ1) is 13.4. The number of Topliss-reactive ketones (excluding diaryl/α,β-unsaturated/α-hetero) is 1. The fraction of sp³-hybridized carbons (Fsp3) is 0.632. The molecule has 1 aromatic rings. The molecule has 1 amide bonds. The minimum absolute atomic E-state index is 0.0474. The number of carbonyl (C=O) groups excluding carboxylic acids is 3. The summed E-state index contributed by atoms with van der Waals surface area (Å²) in [5.41, 5.74) is 1.80. The minimum atomic E-state index is -0.695. The highest BCUT2D eigenvalue weighted by Gasteiger charge is 2.42. The molecule has 2 aliphatic rings. The first-order valence-corrected chi connectivity index (χ1v) is 10.7. The van der Waals surface area contributed by atoms with Crippen LogP contribution in [0, 0.1) is 13.8 Å². The molecule has 2 saturated heterocycles. The van der Waals surface area contributed by atoms with Crippen molar-refractivity contribution in [2.45, 2.75) is 58.2 Å². The second kappa shape index (κ2) is 9.47. The molecule has 152 valence electrons. The van der Waals surface area contributed by atoms with Gasteiger partial charge < -0.3 is 10.6 Å². The average molecular weight is 406 g/mol. The molecular weight excluding hydrogens is 378 g/mol. The van der Waals surface area contributed by atoms with Crippen molar-refractivity contribution in [3.8, 4) is 0 Å². The van der Waals surface area contributed by atoms with Crippen LogP contribution in [-0.4, -0.2) is 62.7 Å². The van der Waals surface area contributed by atoms with Gasteiger partial charge in [-0.05, 0) is 45.6 Å². The Kier molecular flexibility index (Phi) is 7.01. The lowest BCUT2D eigenvalue weighted by atomic mass is 10.0. The highest BCUT2D eigenvalue weighted by molar-refractivity contribution is 8.15. The lowest BCUT2D eigenvalue weighted by molar-refractivity contribution is -0.133. The predicted octanol–water partition coefficient (Wildman–Crippen LogP) is 1.42. The Balaban J connectivity index is 1.46. The minimum Gasteiger partial charge on any atom is -0.354 e. The molecule has 2 fully saturated rings. The van der Waals surface area contributed by atoms with E-state index in [2.05, 4.69) is 20.6 Å². The number of aromatic nitrogens is 2. The van der Waals surface area contributed by atoms with Crippen LogP contribution in [0.1, 0.15) is 43.5 Å². The SMILES string of the molecule is Cc1cc(C)nc(NCCCC(=O)NC2CCCCN2C2C(=O)CSC2=O)n1. The Hall–Kier alpha value is -2.00. The molecular formula is C19H27N5O3S. The van der Waals surface area contributed by atoms with Gasteiger partial charge in [-0.2, -0.15) is 0 Å². The third-order valence-corrected chi connectivity index (χ3v) is 5.87. The van der Waals surface area contributed by atoms with Crippen molar-refractivity contribution < 1.29 is 14.4 Å². The second-order valence-electron chi connectivity index (χ2n) is 7.30. The number of nitrogens with zero attached hydrogens (tertiary/aromatic N) is 3. The molecule has 0 aliphatic carbocycles. The van der Waals surface area contributed by atoms with Crippen LogP contribution in [0.25, 0.3) is 0 Å². The standard InChI is InChI=1S/C19H27N5O3S/c1-12-10-13(2)22-19(21-12)20-8-5-7-16(26)23-15-6-3-4-9-24(15)17-14(25)11-28-18(17)27/h10,15,17H,3-9,11H2,1-2H3,(H,23,26)(H,20,21,22). The van der Waals surface area contributed by atoms with E-state index in [1.807, 2.05) is 24.8 Å². The maximum absolute atomic E-state index is 12.4. The Labute approximate surface area is 169 Å². The number of hydrogen-bond acceptors (Lipinski definition) is 8. The fourth-order valence-corrected chi connectivity index (χ4v) is 4.55. The van der Waals surface area contributed by atoms with Crippen LogP contribution in [0.15, 0.2) is 6.07 Å². The van der Waals surface area contributed by atoms with Gasteiger partial charge in [-0.1, -0.05) is 11.8 Å². The summed E-state index contributed by atoms with van der Waals surface area (Å²) in [6, 6.07) is 1.21. The summed E-state index contributed by atoms with van der Waals surface area (Å²) in [5, 5.41) is 6.07.